The first-order valence-electron chi connectivity index (χ1n) is 6.65. The van der Waals surface area contributed by atoms with Crippen molar-refractivity contribution in [3.8, 4) is 11.5 Å². The van der Waals surface area contributed by atoms with E-state index < -0.39 is 0 Å². The van der Waals surface area contributed by atoms with Crippen LogP contribution in [0.2, 0.25) is 0 Å². The summed E-state index contributed by atoms with van der Waals surface area (Å²) in [5.41, 5.74) is 1.35. The van der Waals surface area contributed by atoms with Crippen molar-refractivity contribution in [1.29, 1.82) is 0 Å². The molecule has 1 aromatic carbocycles. The Bertz CT molecular complexity index is 659. The minimum absolute atomic E-state index is 0.0976. The summed E-state index contributed by atoms with van der Waals surface area (Å²) in [5.74, 6) is 1.14. The van der Waals surface area contributed by atoms with Gasteiger partial charge < -0.3 is 9.47 Å². The first-order chi connectivity index (χ1) is 10.2. The molecule has 1 heterocycles. The van der Waals surface area contributed by atoms with Crippen LogP contribution in [0.4, 0.5) is 0 Å². The summed E-state index contributed by atoms with van der Waals surface area (Å²) in [5, 5.41) is 4.09. The molecule has 0 aliphatic rings. The van der Waals surface area contributed by atoms with E-state index in [-0.39, 0.29) is 5.78 Å². The highest BCUT2D eigenvalue weighted by molar-refractivity contribution is 6.06. The molecule has 0 spiro atoms. The minimum atomic E-state index is -0.0976. The second-order valence-corrected chi connectivity index (χ2v) is 4.37. The fraction of sp³-hybridized carbons (Fsp3) is 0.250. The molecule has 0 N–H and O–H groups in total. The van der Waals surface area contributed by atoms with Gasteiger partial charge in [-0.1, -0.05) is 12.1 Å². The highest BCUT2D eigenvalue weighted by Crippen LogP contribution is 2.31. The van der Waals surface area contributed by atoms with E-state index in [1.807, 2.05) is 25.1 Å². The van der Waals surface area contributed by atoms with Crippen LogP contribution in [0.25, 0.3) is 6.08 Å². The molecule has 5 heteroatoms. The molecule has 2 rings (SSSR count). The van der Waals surface area contributed by atoms with Crippen molar-refractivity contribution in [3.63, 3.8) is 0 Å². The molecule has 0 saturated heterocycles. The zero-order valence-electron chi connectivity index (χ0n) is 12.4. The highest BCUT2D eigenvalue weighted by Gasteiger charge is 2.08. The van der Waals surface area contributed by atoms with Crippen LogP contribution in [0, 0.1) is 0 Å². The molecule has 21 heavy (non-hydrogen) atoms. The topological polar surface area (TPSA) is 53.4 Å². The van der Waals surface area contributed by atoms with Crippen LogP contribution in [0.5, 0.6) is 11.5 Å². The average Bonchev–Trinajstić information content (AvgIpc) is 3.01. The number of ketones is 1. The quantitative estimate of drug-likeness (QED) is 0.605. The summed E-state index contributed by atoms with van der Waals surface area (Å²) in [4.78, 5) is 12.1. The Morgan fingerprint density at radius 3 is 2.76 bits per heavy atom. The van der Waals surface area contributed by atoms with E-state index in [4.69, 9.17) is 9.47 Å². The molecular formula is C16H18N2O3. The number of hydrogen-bond acceptors (Lipinski definition) is 4. The van der Waals surface area contributed by atoms with E-state index in [0.717, 1.165) is 12.1 Å². The van der Waals surface area contributed by atoms with Gasteiger partial charge in [-0.25, -0.2) is 0 Å². The molecule has 0 aliphatic carbocycles. The number of nitrogens with zero attached hydrogens (tertiary/aromatic N) is 2. The highest BCUT2D eigenvalue weighted by atomic mass is 16.5. The number of methoxy groups -OCH3 is 2. The van der Waals surface area contributed by atoms with Crippen LogP contribution in [-0.4, -0.2) is 29.8 Å². The summed E-state index contributed by atoms with van der Waals surface area (Å²) < 4.78 is 12.3. The fourth-order valence-corrected chi connectivity index (χ4v) is 1.97. The molecule has 0 bridgehead atoms. The number of carbonyl (C=O) groups excluding carboxylic acids is 1. The molecule has 0 atom stereocenters. The third-order valence-electron chi connectivity index (χ3n) is 3.09. The lowest BCUT2D eigenvalue weighted by Gasteiger charge is -2.09. The van der Waals surface area contributed by atoms with Gasteiger partial charge in [-0.2, -0.15) is 5.10 Å². The molecule has 0 amide bonds. The molecule has 0 aliphatic heterocycles. The number of para-hydroxylation sites is 1. The lowest BCUT2D eigenvalue weighted by molar-refractivity contribution is 0.104. The van der Waals surface area contributed by atoms with E-state index >= 15 is 0 Å². The van der Waals surface area contributed by atoms with Gasteiger partial charge in [0.15, 0.2) is 17.3 Å². The maximum atomic E-state index is 12.1. The third kappa shape index (κ3) is 3.31. The molecule has 2 aromatic rings. The Kier molecular flexibility index (Phi) is 4.77. The molecule has 5 nitrogen and oxygen atoms in total. The Morgan fingerprint density at radius 1 is 1.33 bits per heavy atom. The molecule has 0 unspecified atom stereocenters. The normalized spacial score (nSPS) is 10.8. The minimum Gasteiger partial charge on any atom is -0.493 e. The van der Waals surface area contributed by atoms with Crippen LogP contribution in [0.1, 0.15) is 22.8 Å². The van der Waals surface area contributed by atoms with Crippen LogP contribution in [0.3, 0.4) is 0 Å². The Labute approximate surface area is 123 Å². The van der Waals surface area contributed by atoms with E-state index in [2.05, 4.69) is 5.10 Å². The van der Waals surface area contributed by atoms with Crippen LogP contribution in [-0.2, 0) is 6.54 Å². The number of ether oxygens (including phenoxy) is 2. The maximum Gasteiger partial charge on any atom is 0.189 e. The number of hydrogen-bond donors (Lipinski definition) is 0. The first-order valence-corrected chi connectivity index (χ1v) is 6.65. The van der Waals surface area contributed by atoms with Crippen LogP contribution < -0.4 is 9.47 Å². The van der Waals surface area contributed by atoms with E-state index in [9.17, 15) is 4.79 Å². The first kappa shape index (κ1) is 14.8. The van der Waals surface area contributed by atoms with Gasteiger partial charge in [0, 0.05) is 18.3 Å². The van der Waals surface area contributed by atoms with Gasteiger partial charge in [0.25, 0.3) is 0 Å². The fourth-order valence-electron chi connectivity index (χ4n) is 1.97. The van der Waals surface area contributed by atoms with Crippen molar-refractivity contribution in [1.82, 2.24) is 9.78 Å². The number of aryl methyl sites for hydroxylation is 1. The Balaban J connectivity index is 2.22. The summed E-state index contributed by atoms with van der Waals surface area (Å²) in [6.07, 6.45) is 6.52. The number of aromatic nitrogens is 2. The number of rotatable bonds is 6. The van der Waals surface area contributed by atoms with Gasteiger partial charge in [-0.15, -0.1) is 0 Å². The van der Waals surface area contributed by atoms with E-state index in [1.165, 1.54) is 6.08 Å². The Morgan fingerprint density at radius 2 is 2.14 bits per heavy atom. The number of allylic oxidation sites excluding steroid dienone is 1. The monoisotopic (exact) mass is 286 g/mol. The predicted octanol–water partition coefficient (Wildman–Crippen LogP) is 2.82. The van der Waals surface area contributed by atoms with Crippen molar-refractivity contribution in [2.75, 3.05) is 14.2 Å². The number of benzene rings is 1. The predicted molar refractivity (Wildman–Crippen MR) is 80.8 cm³/mol. The average molecular weight is 286 g/mol. The Hall–Kier alpha value is -2.56. The summed E-state index contributed by atoms with van der Waals surface area (Å²) in [6.45, 7) is 2.71. The molecule has 1 aromatic heterocycles. The molecule has 0 radical (unpaired) electrons. The van der Waals surface area contributed by atoms with Crippen LogP contribution in [0.15, 0.2) is 36.7 Å². The molecule has 110 valence electrons. The van der Waals surface area contributed by atoms with Gasteiger partial charge in [0.2, 0.25) is 0 Å². The van der Waals surface area contributed by atoms with Gasteiger partial charge >= 0.3 is 0 Å². The van der Waals surface area contributed by atoms with Gasteiger partial charge in [-0.3, -0.25) is 9.48 Å². The summed E-state index contributed by atoms with van der Waals surface area (Å²) >= 11 is 0. The zero-order valence-corrected chi connectivity index (χ0v) is 12.4. The molecule has 0 fully saturated rings. The molecule has 0 saturated carbocycles. The van der Waals surface area contributed by atoms with E-state index in [1.54, 1.807) is 37.4 Å². The summed E-state index contributed by atoms with van der Waals surface area (Å²) in [6, 6.07) is 5.52. The SMILES string of the molecule is CCn1cc(C(=O)/C=C/c2cccc(OC)c2OC)cn1. The smallest absolute Gasteiger partial charge is 0.189 e. The van der Waals surface area contributed by atoms with Crippen molar-refractivity contribution in [2.24, 2.45) is 0 Å². The largest absolute Gasteiger partial charge is 0.493 e. The second kappa shape index (κ2) is 6.74. The molecular weight excluding hydrogens is 268 g/mol. The third-order valence-corrected chi connectivity index (χ3v) is 3.09. The van der Waals surface area contributed by atoms with Crippen molar-refractivity contribution in [2.45, 2.75) is 13.5 Å². The summed E-state index contributed by atoms with van der Waals surface area (Å²) in [7, 11) is 3.15. The van der Waals surface area contributed by atoms with Crippen molar-refractivity contribution < 1.29 is 14.3 Å². The maximum absolute atomic E-state index is 12.1. The van der Waals surface area contributed by atoms with Crippen molar-refractivity contribution >= 4 is 11.9 Å². The van der Waals surface area contributed by atoms with Gasteiger partial charge in [0.05, 0.1) is 26.0 Å². The van der Waals surface area contributed by atoms with E-state index in [0.29, 0.717) is 17.1 Å². The van der Waals surface area contributed by atoms with Gasteiger partial charge in [-0.05, 0) is 25.1 Å². The van der Waals surface area contributed by atoms with Gasteiger partial charge in [0.1, 0.15) is 0 Å². The van der Waals surface area contributed by atoms with Crippen molar-refractivity contribution in [3.05, 3.63) is 47.8 Å². The zero-order chi connectivity index (χ0) is 15.2. The number of carbonyl (C=O) groups is 1. The standard InChI is InChI=1S/C16H18N2O3/c1-4-18-11-13(10-17-18)14(19)9-8-12-6-5-7-15(20-2)16(12)21-3/h5-11H,4H2,1-3H3/b9-8+. The lowest BCUT2D eigenvalue weighted by atomic mass is 10.1. The van der Waals surface area contributed by atoms with Crippen LogP contribution >= 0.6 is 0 Å². The second-order valence-electron chi connectivity index (χ2n) is 4.37. The lowest BCUT2D eigenvalue weighted by Crippen LogP contribution is -1.95.